The Kier molecular flexibility index (Phi) is 8.86. The zero-order valence-electron chi connectivity index (χ0n) is 33.4. The quantitative estimate of drug-likeness (QED) is 0.136. The lowest BCUT2D eigenvalue weighted by atomic mass is 9.97. The SMILES string of the molecule is [C-]#[N+]c1ccc(N(c2ccc3c(c2)oc2cc(N(c4ccc(C#N)cc4)c4cccc5c(C)c(/C=C\C)oc45)c(C=C)c(C=C)c23)c2cccc3c2oc2ccccc23)cc1. The van der Waals surface area contributed by atoms with Crippen molar-refractivity contribution in [2.45, 2.75) is 13.8 Å². The molecule has 3 aromatic heterocycles. The van der Waals surface area contributed by atoms with Gasteiger partial charge in [-0.2, -0.15) is 5.26 Å². The molecule has 0 bridgehead atoms. The average molecular weight is 789 g/mol. The van der Waals surface area contributed by atoms with Gasteiger partial charge in [0, 0.05) is 61.6 Å². The van der Waals surface area contributed by atoms with Gasteiger partial charge in [-0.1, -0.05) is 86.0 Å². The molecule has 0 fully saturated rings. The molecule has 0 saturated carbocycles. The molecule has 0 aliphatic heterocycles. The summed E-state index contributed by atoms with van der Waals surface area (Å²) in [6, 6.07) is 46.0. The van der Waals surface area contributed by atoms with Crippen molar-refractivity contribution in [1.29, 1.82) is 5.26 Å². The average Bonchev–Trinajstić information content (AvgIpc) is 3.97. The largest absolute Gasteiger partial charge is 0.456 e. The third kappa shape index (κ3) is 5.87. The van der Waals surface area contributed by atoms with Crippen LogP contribution in [0.5, 0.6) is 0 Å². The Morgan fingerprint density at radius 3 is 1.98 bits per heavy atom. The van der Waals surface area contributed by atoms with E-state index in [1.54, 1.807) is 0 Å². The number of hydrogen-bond acceptors (Lipinski definition) is 6. The molecule has 10 rings (SSSR count). The maximum atomic E-state index is 9.71. The predicted molar refractivity (Wildman–Crippen MR) is 251 cm³/mol. The Morgan fingerprint density at radius 1 is 0.607 bits per heavy atom. The van der Waals surface area contributed by atoms with Crippen molar-refractivity contribution in [2.24, 2.45) is 0 Å². The highest BCUT2D eigenvalue weighted by atomic mass is 16.3. The van der Waals surface area contributed by atoms with Crippen LogP contribution in [-0.2, 0) is 0 Å². The zero-order valence-corrected chi connectivity index (χ0v) is 33.4. The number of allylic oxidation sites excluding steroid dienone is 1. The number of rotatable bonds is 9. The highest BCUT2D eigenvalue weighted by Gasteiger charge is 2.26. The summed E-state index contributed by atoms with van der Waals surface area (Å²) in [5, 5.41) is 14.6. The van der Waals surface area contributed by atoms with E-state index in [0.717, 1.165) is 100 Å². The highest BCUT2D eigenvalue weighted by molar-refractivity contribution is 6.15. The molecule has 0 unspecified atom stereocenters. The summed E-state index contributed by atoms with van der Waals surface area (Å²) in [7, 11) is 0. The molecule has 0 aliphatic rings. The monoisotopic (exact) mass is 788 g/mol. The smallest absolute Gasteiger partial charge is 0.187 e. The molecular formula is C54H36N4O3. The van der Waals surface area contributed by atoms with Gasteiger partial charge in [-0.05, 0) is 92.2 Å². The lowest BCUT2D eigenvalue weighted by molar-refractivity contribution is 0.601. The fourth-order valence-corrected chi connectivity index (χ4v) is 8.55. The van der Waals surface area contributed by atoms with E-state index in [0.29, 0.717) is 22.4 Å². The Morgan fingerprint density at radius 2 is 1.26 bits per heavy atom. The van der Waals surface area contributed by atoms with Crippen LogP contribution in [0, 0.1) is 24.8 Å². The van der Waals surface area contributed by atoms with Gasteiger partial charge in [0.15, 0.2) is 16.9 Å². The van der Waals surface area contributed by atoms with Gasteiger partial charge in [0.2, 0.25) is 0 Å². The maximum Gasteiger partial charge on any atom is 0.187 e. The minimum absolute atomic E-state index is 0.552. The van der Waals surface area contributed by atoms with Gasteiger partial charge in [-0.25, -0.2) is 4.85 Å². The molecule has 7 nitrogen and oxygen atoms in total. The molecule has 0 N–H and O–H groups in total. The molecular weight excluding hydrogens is 753 g/mol. The molecule has 61 heavy (non-hydrogen) atoms. The van der Waals surface area contributed by atoms with Gasteiger partial charge in [0.05, 0.1) is 41.0 Å². The van der Waals surface area contributed by atoms with E-state index in [9.17, 15) is 5.26 Å². The number of furan rings is 3. The third-order valence-electron chi connectivity index (χ3n) is 11.4. The van der Waals surface area contributed by atoms with E-state index in [4.69, 9.17) is 19.8 Å². The lowest BCUT2D eigenvalue weighted by Crippen LogP contribution is -2.12. The van der Waals surface area contributed by atoms with E-state index >= 15 is 0 Å². The first-order valence-electron chi connectivity index (χ1n) is 19.9. The van der Waals surface area contributed by atoms with Crippen molar-refractivity contribution in [3.8, 4) is 6.07 Å². The van der Waals surface area contributed by atoms with Crippen LogP contribution >= 0.6 is 0 Å². The standard InChI is InChI=1S/C54H36N4O3/c1-6-13-48-33(4)41-15-11-18-46(53(41)60-48)58(37-24-20-34(32-55)21-25-37)47-31-51-52(40(8-3)39(47)7-2)44-29-28-38(30-50(44)59-51)57(36-26-22-35(56-5)23-27-36)45-17-12-16-43-42-14-9-10-19-49(42)61-54(43)45/h6-31H,2-3H2,1,4H3/b13-6-. The molecule has 0 saturated heterocycles. The molecule has 0 aliphatic carbocycles. The zero-order chi connectivity index (χ0) is 41.8. The fraction of sp³-hybridized carbons (Fsp3) is 0.0370. The normalized spacial score (nSPS) is 11.5. The van der Waals surface area contributed by atoms with Crippen LogP contribution in [0.25, 0.3) is 77.9 Å². The van der Waals surface area contributed by atoms with Crippen LogP contribution in [-0.4, -0.2) is 0 Å². The van der Waals surface area contributed by atoms with E-state index in [1.807, 2.05) is 122 Å². The Labute approximate surface area is 352 Å². The van der Waals surface area contributed by atoms with Crippen molar-refractivity contribution in [3.05, 3.63) is 192 Å². The number of hydrogen-bond donors (Lipinski definition) is 0. The number of para-hydroxylation sites is 3. The summed E-state index contributed by atoms with van der Waals surface area (Å²) in [6.07, 6.45) is 7.67. The number of fused-ring (bicyclic) bond motifs is 7. The van der Waals surface area contributed by atoms with Gasteiger partial charge in [0.25, 0.3) is 0 Å². The van der Waals surface area contributed by atoms with Gasteiger partial charge in [-0.3, -0.25) is 0 Å². The van der Waals surface area contributed by atoms with E-state index in [-0.39, 0.29) is 0 Å². The second-order valence-corrected chi connectivity index (χ2v) is 14.7. The summed E-state index contributed by atoms with van der Waals surface area (Å²) in [6.45, 7) is 20.3. The highest BCUT2D eigenvalue weighted by Crippen LogP contribution is 2.48. The van der Waals surface area contributed by atoms with Gasteiger partial charge < -0.3 is 23.1 Å². The van der Waals surface area contributed by atoms with E-state index in [1.165, 1.54) is 0 Å². The van der Waals surface area contributed by atoms with Crippen LogP contribution in [0.4, 0.5) is 39.8 Å². The first-order chi connectivity index (χ1) is 29.9. The van der Waals surface area contributed by atoms with Crippen LogP contribution in [0.3, 0.4) is 0 Å². The van der Waals surface area contributed by atoms with E-state index in [2.05, 4.69) is 83.3 Å². The van der Waals surface area contributed by atoms with Crippen LogP contribution < -0.4 is 9.80 Å². The summed E-state index contributed by atoms with van der Waals surface area (Å²) < 4.78 is 20.0. The van der Waals surface area contributed by atoms with Crippen molar-refractivity contribution < 1.29 is 13.3 Å². The van der Waals surface area contributed by atoms with Crippen molar-refractivity contribution in [3.63, 3.8) is 0 Å². The summed E-state index contributed by atoms with van der Waals surface area (Å²) >= 11 is 0. The third-order valence-corrected chi connectivity index (χ3v) is 11.4. The van der Waals surface area contributed by atoms with Crippen molar-refractivity contribution in [1.82, 2.24) is 0 Å². The summed E-state index contributed by atoms with van der Waals surface area (Å²) in [5.74, 6) is 0.789. The maximum absolute atomic E-state index is 9.71. The fourth-order valence-electron chi connectivity index (χ4n) is 8.55. The molecule has 0 radical (unpaired) electrons. The molecule has 7 heteroatoms. The second-order valence-electron chi connectivity index (χ2n) is 14.7. The van der Waals surface area contributed by atoms with Crippen LogP contribution in [0.1, 0.15) is 34.9 Å². The number of nitriles is 1. The van der Waals surface area contributed by atoms with Crippen LogP contribution in [0.15, 0.2) is 166 Å². The first-order valence-corrected chi connectivity index (χ1v) is 19.9. The Bertz CT molecular complexity index is 3510. The molecule has 290 valence electrons. The number of benzene rings is 7. The van der Waals surface area contributed by atoms with Gasteiger partial charge in [0.1, 0.15) is 22.5 Å². The second kappa shape index (κ2) is 14.7. The molecule has 3 heterocycles. The Balaban J connectivity index is 1.21. The van der Waals surface area contributed by atoms with Crippen molar-refractivity contribution in [2.75, 3.05) is 9.80 Å². The number of anilines is 6. The molecule has 0 atom stereocenters. The molecule has 0 spiro atoms. The van der Waals surface area contributed by atoms with Gasteiger partial charge >= 0.3 is 0 Å². The minimum Gasteiger partial charge on any atom is -0.456 e. The summed E-state index contributed by atoms with van der Waals surface area (Å²) in [4.78, 5) is 7.92. The Hall–Kier alpha value is -8.52. The minimum atomic E-state index is 0.552. The number of aryl methyl sites for hydroxylation is 1. The number of nitrogens with zero attached hydrogens (tertiary/aromatic N) is 4. The summed E-state index contributed by atoms with van der Waals surface area (Å²) in [5.41, 5.74) is 12.5. The molecule has 7 aromatic carbocycles. The van der Waals surface area contributed by atoms with E-state index < -0.39 is 0 Å². The predicted octanol–water partition coefficient (Wildman–Crippen LogP) is 16.2. The molecule has 0 amide bonds. The van der Waals surface area contributed by atoms with Crippen LogP contribution in [0.2, 0.25) is 0 Å². The first kappa shape index (κ1) is 36.8. The van der Waals surface area contributed by atoms with Crippen molar-refractivity contribution >= 4 is 113 Å². The topological polar surface area (TPSA) is 74.1 Å². The van der Waals surface area contributed by atoms with Gasteiger partial charge in [-0.15, -0.1) is 0 Å². The lowest BCUT2D eigenvalue weighted by Gasteiger charge is -2.28. The molecule has 10 aromatic rings.